The van der Waals surface area contributed by atoms with Gasteiger partial charge in [-0.25, -0.2) is 14.2 Å². The van der Waals surface area contributed by atoms with Crippen molar-refractivity contribution in [2.24, 2.45) is 0 Å². The van der Waals surface area contributed by atoms with Gasteiger partial charge in [0.05, 0.1) is 6.61 Å². The third-order valence-corrected chi connectivity index (χ3v) is 4.92. The zero-order chi connectivity index (χ0) is 23.0. The Labute approximate surface area is 180 Å². The van der Waals surface area contributed by atoms with E-state index < -0.39 is 19.8 Å². The second kappa shape index (κ2) is 10.6. The first kappa shape index (κ1) is 23.9. The van der Waals surface area contributed by atoms with Gasteiger partial charge in [0.1, 0.15) is 0 Å². The Hall–Kier alpha value is -3.35. The molecule has 0 heterocycles. The minimum absolute atomic E-state index is 0.000947. The summed E-state index contributed by atoms with van der Waals surface area (Å²) in [5, 5.41) is 0. The molecule has 2 aromatic rings. The maximum atomic E-state index is 13.3. The summed E-state index contributed by atoms with van der Waals surface area (Å²) < 4.78 is 40.0. The first-order chi connectivity index (χ1) is 14.6. The summed E-state index contributed by atoms with van der Waals surface area (Å²) in [5.74, 6) is -1.46. The Morgan fingerprint density at radius 2 is 1.13 bits per heavy atom. The number of ether oxygens (including phenoxy) is 2. The van der Waals surface area contributed by atoms with Gasteiger partial charge in [-0.1, -0.05) is 37.4 Å². The smallest absolute Gasteiger partial charge is 0.419 e. The first-order valence-corrected chi connectivity index (χ1v) is 10.7. The molecule has 0 amide bonds. The van der Waals surface area contributed by atoms with Crippen molar-refractivity contribution in [1.29, 1.82) is 0 Å². The minimum atomic E-state index is -4.28. The fraction of sp³-hybridized carbons (Fsp3) is 0.182. The number of carbonyl (C=O) groups is 2. The zero-order valence-corrected chi connectivity index (χ0v) is 18.3. The molecule has 164 valence electrons. The highest BCUT2D eigenvalue weighted by Gasteiger charge is 2.33. The van der Waals surface area contributed by atoms with Crippen molar-refractivity contribution in [1.82, 2.24) is 0 Å². The molecule has 0 saturated heterocycles. The average molecular weight is 446 g/mol. The molecule has 0 radical (unpaired) electrons. The lowest BCUT2D eigenvalue weighted by Gasteiger charge is -2.20. The average Bonchev–Trinajstić information content (AvgIpc) is 2.70. The molecule has 2 aromatic carbocycles. The zero-order valence-electron chi connectivity index (χ0n) is 17.5. The van der Waals surface area contributed by atoms with Crippen LogP contribution in [-0.2, 0) is 18.7 Å². The highest BCUT2D eigenvalue weighted by Crippen LogP contribution is 2.53. The number of carbonyl (C=O) groups excluding carboxylic acids is 2. The lowest BCUT2D eigenvalue weighted by molar-refractivity contribution is -0.131. The van der Waals surface area contributed by atoms with Crippen LogP contribution in [0.25, 0.3) is 0 Å². The molecule has 0 spiro atoms. The lowest BCUT2D eigenvalue weighted by Crippen LogP contribution is -2.12. The first-order valence-electron chi connectivity index (χ1n) is 9.22. The summed E-state index contributed by atoms with van der Waals surface area (Å²) in [7, 11) is -4.28. The summed E-state index contributed by atoms with van der Waals surface area (Å²) >= 11 is 0. The van der Waals surface area contributed by atoms with E-state index in [0.29, 0.717) is 0 Å². The molecule has 0 fully saturated rings. The second-order valence-electron chi connectivity index (χ2n) is 6.28. The molecule has 9 heteroatoms. The van der Waals surface area contributed by atoms with E-state index >= 15 is 0 Å². The van der Waals surface area contributed by atoms with Gasteiger partial charge < -0.3 is 18.5 Å². The van der Waals surface area contributed by atoms with E-state index in [1.165, 1.54) is 38.1 Å². The van der Waals surface area contributed by atoms with Crippen molar-refractivity contribution in [2.45, 2.75) is 20.8 Å². The van der Waals surface area contributed by atoms with Crippen molar-refractivity contribution < 1.29 is 37.2 Å². The van der Waals surface area contributed by atoms with Gasteiger partial charge in [0.15, 0.2) is 23.0 Å². The van der Waals surface area contributed by atoms with Crippen LogP contribution in [0.15, 0.2) is 72.8 Å². The van der Waals surface area contributed by atoms with E-state index in [2.05, 4.69) is 13.2 Å². The summed E-state index contributed by atoms with van der Waals surface area (Å²) in [6.45, 7) is 11.6. The van der Waals surface area contributed by atoms with Gasteiger partial charge >= 0.3 is 19.8 Å². The Morgan fingerprint density at radius 1 is 0.774 bits per heavy atom. The van der Waals surface area contributed by atoms with Gasteiger partial charge in [-0.2, -0.15) is 0 Å². The molecule has 0 aliphatic carbocycles. The SMILES string of the molecule is C=C(C)C(=O)Oc1ccccc1OP(=O)(OCC)Oc1ccccc1OC(=O)C(=C)C. The third kappa shape index (κ3) is 6.84. The molecule has 0 aromatic heterocycles. The molecular weight excluding hydrogens is 423 g/mol. The molecule has 8 nitrogen and oxygen atoms in total. The standard InChI is InChI=1S/C22H23O8P/c1-6-26-31(25,29-19-13-9-7-11-17(19)27-21(23)15(2)3)30-20-14-10-8-12-18(20)28-22(24)16(4)5/h7-14H,2,4,6H2,1,3,5H3. The van der Waals surface area contributed by atoms with Crippen molar-refractivity contribution in [2.75, 3.05) is 6.61 Å². The number of rotatable bonds is 10. The van der Waals surface area contributed by atoms with E-state index in [-0.39, 0.29) is 40.8 Å². The summed E-state index contributed by atoms with van der Waals surface area (Å²) in [6, 6.07) is 12.2. The van der Waals surface area contributed by atoms with E-state index in [1.54, 1.807) is 31.2 Å². The van der Waals surface area contributed by atoms with Crippen LogP contribution in [0.2, 0.25) is 0 Å². The molecule has 0 unspecified atom stereocenters. The number of esters is 2. The summed E-state index contributed by atoms with van der Waals surface area (Å²) in [4.78, 5) is 23.8. The molecule has 31 heavy (non-hydrogen) atoms. The summed E-state index contributed by atoms with van der Waals surface area (Å²) in [5.41, 5.74) is 0.347. The van der Waals surface area contributed by atoms with E-state index in [9.17, 15) is 14.2 Å². The van der Waals surface area contributed by atoms with Crippen LogP contribution in [0.1, 0.15) is 20.8 Å². The van der Waals surface area contributed by atoms with Gasteiger partial charge in [-0.3, -0.25) is 4.52 Å². The number of para-hydroxylation sites is 4. The van der Waals surface area contributed by atoms with Gasteiger partial charge in [0, 0.05) is 11.1 Å². The number of phosphoric ester groups is 1. The normalized spacial score (nSPS) is 10.7. The van der Waals surface area contributed by atoms with Crippen LogP contribution >= 0.6 is 7.82 Å². The van der Waals surface area contributed by atoms with Crippen molar-refractivity contribution in [3.8, 4) is 23.0 Å². The van der Waals surface area contributed by atoms with Crippen molar-refractivity contribution in [3.63, 3.8) is 0 Å². The molecule has 0 aliphatic heterocycles. The minimum Gasteiger partial charge on any atom is -0.419 e. The molecule has 0 atom stereocenters. The van der Waals surface area contributed by atoms with Crippen LogP contribution in [0.5, 0.6) is 23.0 Å². The van der Waals surface area contributed by atoms with Crippen LogP contribution in [0.4, 0.5) is 0 Å². The molecule has 0 N–H and O–H groups in total. The molecular formula is C22H23O8P. The summed E-state index contributed by atoms with van der Waals surface area (Å²) in [6.07, 6.45) is 0. The predicted octanol–water partition coefficient (Wildman–Crippen LogP) is 5.25. The van der Waals surface area contributed by atoms with Crippen LogP contribution in [0, 0.1) is 0 Å². The number of phosphoric acid groups is 1. The third-order valence-electron chi connectivity index (χ3n) is 3.51. The van der Waals surface area contributed by atoms with E-state index in [0.717, 1.165) is 0 Å². The fourth-order valence-electron chi connectivity index (χ4n) is 2.06. The van der Waals surface area contributed by atoms with Crippen LogP contribution in [-0.4, -0.2) is 18.5 Å². The quantitative estimate of drug-likeness (QED) is 0.211. The highest BCUT2D eigenvalue weighted by atomic mass is 31.2. The van der Waals surface area contributed by atoms with Gasteiger partial charge in [-0.05, 0) is 45.0 Å². The molecule has 0 saturated carbocycles. The van der Waals surface area contributed by atoms with Crippen molar-refractivity contribution >= 4 is 19.8 Å². The molecule has 0 aliphatic rings. The number of benzene rings is 2. The monoisotopic (exact) mass is 446 g/mol. The maximum absolute atomic E-state index is 13.3. The Morgan fingerprint density at radius 3 is 1.45 bits per heavy atom. The highest BCUT2D eigenvalue weighted by molar-refractivity contribution is 7.49. The van der Waals surface area contributed by atoms with Gasteiger partial charge in [0.25, 0.3) is 0 Å². The fourth-order valence-corrected chi connectivity index (χ4v) is 3.31. The van der Waals surface area contributed by atoms with Gasteiger partial charge in [-0.15, -0.1) is 0 Å². The Bertz CT molecular complexity index is 966. The molecule has 2 rings (SSSR count). The number of hydrogen-bond donors (Lipinski definition) is 0. The Balaban J connectivity index is 2.34. The lowest BCUT2D eigenvalue weighted by atomic mass is 10.3. The van der Waals surface area contributed by atoms with Crippen LogP contribution < -0.4 is 18.5 Å². The van der Waals surface area contributed by atoms with E-state index in [4.69, 9.17) is 23.0 Å². The maximum Gasteiger partial charge on any atom is 0.587 e. The van der Waals surface area contributed by atoms with Gasteiger partial charge in [0.2, 0.25) is 0 Å². The number of hydrogen-bond acceptors (Lipinski definition) is 8. The second-order valence-corrected chi connectivity index (χ2v) is 7.80. The van der Waals surface area contributed by atoms with Crippen LogP contribution in [0.3, 0.4) is 0 Å². The van der Waals surface area contributed by atoms with E-state index in [1.807, 2.05) is 0 Å². The topological polar surface area (TPSA) is 97.4 Å². The largest absolute Gasteiger partial charge is 0.587 e. The van der Waals surface area contributed by atoms with Crippen molar-refractivity contribution in [3.05, 3.63) is 72.8 Å². The molecule has 0 bridgehead atoms. The Kier molecular flexibility index (Phi) is 8.19. The predicted molar refractivity (Wildman–Crippen MR) is 114 cm³/mol.